The Morgan fingerprint density at radius 1 is 1.23 bits per heavy atom. The van der Waals surface area contributed by atoms with Gasteiger partial charge in [-0.1, -0.05) is 6.07 Å². The van der Waals surface area contributed by atoms with Gasteiger partial charge in [0, 0.05) is 26.3 Å². The van der Waals surface area contributed by atoms with Crippen molar-refractivity contribution in [2.75, 3.05) is 26.7 Å². The third-order valence-electron chi connectivity index (χ3n) is 4.71. The summed E-state index contributed by atoms with van der Waals surface area (Å²) in [5.41, 5.74) is 1.11. The van der Waals surface area contributed by atoms with Crippen molar-refractivity contribution in [3.63, 3.8) is 0 Å². The molecule has 1 aromatic heterocycles. The molecule has 0 radical (unpaired) electrons. The highest BCUT2D eigenvalue weighted by Gasteiger charge is 2.39. The molecule has 0 N–H and O–H groups in total. The van der Waals surface area contributed by atoms with Gasteiger partial charge in [0.15, 0.2) is 0 Å². The van der Waals surface area contributed by atoms with Crippen molar-refractivity contribution in [2.45, 2.75) is 37.5 Å². The first kappa shape index (κ1) is 15.9. The molecule has 2 aliphatic rings. The highest BCUT2D eigenvalue weighted by atomic mass is 32.2. The molecule has 1 aromatic rings. The number of piperidine rings is 1. The molecule has 1 saturated carbocycles. The summed E-state index contributed by atoms with van der Waals surface area (Å²) in [6, 6.07) is 6.01. The largest absolute Gasteiger partial charge is 0.297 e. The fraction of sp³-hybridized carbons (Fsp3) is 0.688. The van der Waals surface area contributed by atoms with Crippen LogP contribution in [0, 0.1) is 5.92 Å². The monoisotopic (exact) mass is 323 g/mol. The second-order valence-electron chi connectivity index (χ2n) is 6.57. The van der Waals surface area contributed by atoms with Gasteiger partial charge in [-0.25, -0.2) is 12.7 Å². The molecule has 1 aliphatic carbocycles. The van der Waals surface area contributed by atoms with Crippen molar-refractivity contribution in [1.29, 1.82) is 0 Å². The van der Waals surface area contributed by atoms with Crippen molar-refractivity contribution in [3.8, 4) is 0 Å². The lowest BCUT2D eigenvalue weighted by molar-refractivity contribution is 0.164. The topological polar surface area (TPSA) is 53.5 Å². The van der Waals surface area contributed by atoms with Crippen LogP contribution in [0.15, 0.2) is 24.4 Å². The summed E-state index contributed by atoms with van der Waals surface area (Å²) in [4.78, 5) is 6.78. The summed E-state index contributed by atoms with van der Waals surface area (Å²) in [5.74, 6) is 0.485. The van der Waals surface area contributed by atoms with Gasteiger partial charge < -0.3 is 0 Å². The van der Waals surface area contributed by atoms with Gasteiger partial charge >= 0.3 is 0 Å². The third-order valence-corrected chi connectivity index (χ3v) is 7.05. The standard InChI is InChI=1S/C16H25N3O2S/c1-18(22(20,21)16-5-6-16)12-14-7-10-19(11-8-14)13-15-4-2-3-9-17-15/h2-4,9,14,16H,5-8,10-13H2,1H3. The maximum Gasteiger partial charge on any atom is 0.216 e. The first-order valence-electron chi connectivity index (χ1n) is 8.13. The molecule has 2 fully saturated rings. The van der Waals surface area contributed by atoms with Gasteiger partial charge in [0.1, 0.15) is 0 Å². The van der Waals surface area contributed by atoms with Crippen LogP contribution in [0.3, 0.4) is 0 Å². The molecule has 0 unspecified atom stereocenters. The minimum Gasteiger partial charge on any atom is -0.297 e. The van der Waals surface area contributed by atoms with Crippen LogP contribution in [0.1, 0.15) is 31.4 Å². The minimum atomic E-state index is -3.02. The van der Waals surface area contributed by atoms with E-state index in [0.29, 0.717) is 12.5 Å². The maximum absolute atomic E-state index is 12.2. The number of hydrogen-bond donors (Lipinski definition) is 0. The summed E-state index contributed by atoms with van der Waals surface area (Å²) >= 11 is 0. The zero-order chi connectivity index (χ0) is 15.6. The number of nitrogens with zero attached hydrogens (tertiary/aromatic N) is 3. The molecule has 0 aromatic carbocycles. The molecule has 2 heterocycles. The van der Waals surface area contributed by atoms with E-state index < -0.39 is 10.0 Å². The molecule has 1 aliphatic heterocycles. The van der Waals surface area contributed by atoms with E-state index in [1.807, 2.05) is 18.3 Å². The lowest BCUT2D eigenvalue weighted by Gasteiger charge is -2.33. The minimum absolute atomic E-state index is 0.0956. The van der Waals surface area contributed by atoms with Crippen molar-refractivity contribution in [1.82, 2.24) is 14.2 Å². The molecule has 0 bridgehead atoms. The fourth-order valence-corrected chi connectivity index (χ4v) is 4.80. The van der Waals surface area contributed by atoms with E-state index in [1.165, 1.54) is 0 Å². The molecule has 3 rings (SSSR count). The molecule has 22 heavy (non-hydrogen) atoms. The first-order chi connectivity index (χ1) is 10.6. The third kappa shape index (κ3) is 3.86. The Kier molecular flexibility index (Phi) is 4.80. The quantitative estimate of drug-likeness (QED) is 0.800. The molecule has 1 saturated heterocycles. The zero-order valence-corrected chi connectivity index (χ0v) is 14.0. The number of sulfonamides is 1. The van der Waals surface area contributed by atoms with Crippen LogP contribution >= 0.6 is 0 Å². The number of rotatable bonds is 6. The van der Waals surface area contributed by atoms with Gasteiger partial charge in [-0.3, -0.25) is 9.88 Å². The lowest BCUT2D eigenvalue weighted by Crippen LogP contribution is -2.40. The highest BCUT2D eigenvalue weighted by Crippen LogP contribution is 2.31. The summed E-state index contributed by atoms with van der Waals surface area (Å²) in [6.45, 7) is 3.62. The number of aromatic nitrogens is 1. The van der Waals surface area contributed by atoms with Crippen LogP contribution in [-0.4, -0.2) is 54.5 Å². The summed E-state index contributed by atoms with van der Waals surface area (Å²) in [5, 5.41) is -0.0956. The molecular weight excluding hydrogens is 298 g/mol. The van der Waals surface area contributed by atoms with E-state index in [-0.39, 0.29) is 5.25 Å². The van der Waals surface area contributed by atoms with Crippen molar-refractivity contribution < 1.29 is 8.42 Å². The molecule has 6 heteroatoms. The van der Waals surface area contributed by atoms with Crippen molar-refractivity contribution >= 4 is 10.0 Å². The average molecular weight is 323 g/mol. The Labute approximate surface area is 133 Å². The molecule has 0 spiro atoms. The zero-order valence-electron chi connectivity index (χ0n) is 13.2. The average Bonchev–Trinajstić information content (AvgIpc) is 3.35. The predicted octanol–water partition coefficient (Wildman–Crippen LogP) is 1.72. The predicted molar refractivity (Wildman–Crippen MR) is 86.8 cm³/mol. The summed E-state index contributed by atoms with van der Waals surface area (Å²) in [7, 11) is -1.27. The van der Waals surface area contributed by atoms with E-state index in [1.54, 1.807) is 11.4 Å². The Morgan fingerprint density at radius 3 is 2.55 bits per heavy atom. The van der Waals surface area contributed by atoms with Gasteiger partial charge in [-0.05, 0) is 56.8 Å². The van der Waals surface area contributed by atoms with Crippen molar-refractivity contribution in [3.05, 3.63) is 30.1 Å². The first-order valence-corrected chi connectivity index (χ1v) is 9.63. The highest BCUT2D eigenvalue weighted by molar-refractivity contribution is 7.90. The van der Waals surface area contributed by atoms with Gasteiger partial charge in [0.25, 0.3) is 0 Å². The van der Waals surface area contributed by atoms with Crippen LogP contribution in [0.4, 0.5) is 0 Å². The Bertz CT molecular complexity index is 579. The summed E-state index contributed by atoms with van der Waals surface area (Å²) in [6.07, 6.45) is 5.65. The van der Waals surface area contributed by atoms with Gasteiger partial charge in [0.05, 0.1) is 10.9 Å². The fourth-order valence-electron chi connectivity index (χ4n) is 3.14. The van der Waals surface area contributed by atoms with Crippen LogP contribution in [-0.2, 0) is 16.6 Å². The lowest BCUT2D eigenvalue weighted by atomic mass is 9.97. The SMILES string of the molecule is CN(CC1CCN(Cc2ccccn2)CC1)S(=O)(=O)C1CC1. The second-order valence-corrected chi connectivity index (χ2v) is 8.89. The van der Waals surface area contributed by atoms with Crippen molar-refractivity contribution in [2.24, 2.45) is 5.92 Å². The Balaban J connectivity index is 1.45. The molecule has 5 nitrogen and oxygen atoms in total. The Hall–Kier alpha value is -0.980. The normalized spacial score (nSPS) is 21.4. The van der Waals surface area contributed by atoms with Crippen LogP contribution in [0.25, 0.3) is 0 Å². The molecular formula is C16H25N3O2S. The molecule has 0 atom stereocenters. The van der Waals surface area contributed by atoms with E-state index in [0.717, 1.165) is 51.0 Å². The van der Waals surface area contributed by atoms with Gasteiger partial charge in [-0.2, -0.15) is 0 Å². The molecule has 0 amide bonds. The van der Waals surface area contributed by atoms with Gasteiger partial charge in [-0.15, -0.1) is 0 Å². The number of pyridine rings is 1. The number of hydrogen-bond acceptors (Lipinski definition) is 4. The molecule has 122 valence electrons. The van der Waals surface area contributed by atoms with E-state index in [4.69, 9.17) is 0 Å². The van der Waals surface area contributed by atoms with E-state index in [9.17, 15) is 8.42 Å². The Morgan fingerprint density at radius 2 is 1.95 bits per heavy atom. The van der Waals surface area contributed by atoms with E-state index >= 15 is 0 Å². The second kappa shape index (κ2) is 6.64. The smallest absolute Gasteiger partial charge is 0.216 e. The van der Waals surface area contributed by atoms with Gasteiger partial charge in [0.2, 0.25) is 10.0 Å². The number of likely N-dealkylation sites (tertiary alicyclic amines) is 1. The maximum atomic E-state index is 12.2. The summed E-state index contributed by atoms with van der Waals surface area (Å²) < 4.78 is 26.0. The van der Waals surface area contributed by atoms with Crippen LogP contribution < -0.4 is 0 Å². The van der Waals surface area contributed by atoms with Crippen LogP contribution in [0.2, 0.25) is 0 Å². The van der Waals surface area contributed by atoms with Crippen LogP contribution in [0.5, 0.6) is 0 Å². The van der Waals surface area contributed by atoms with E-state index in [2.05, 4.69) is 16.0 Å².